The van der Waals surface area contributed by atoms with Gasteiger partial charge in [0.25, 0.3) is 5.91 Å². The van der Waals surface area contributed by atoms with E-state index in [1.54, 1.807) is 32.4 Å². The van der Waals surface area contributed by atoms with Crippen LogP contribution in [0.15, 0.2) is 35.4 Å². The molecule has 3 rings (SSSR count). The second kappa shape index (κ2) is 10.4. The van der Waals surface area contributed by atoms with E-state index in [1.807, 2.05) is 12.1 Å². The molecule has 7 nitrogen and oxygen atoms in total. The number of hydrazone groups is 1. The summed E-state index contributed by atoms with van der Waals surface area (Å²) in [5.74, 6) is 1.30. The lowest BCUT2D eigenvalue weighted by atomic mass is 10.1. The molecule has 0 spiro atoms. The lowest BCUT2D eigenvalue weighted by Gasteiger charge is -2.22. The highest BCUT2D eigenvalue weighted by atomic mass is 35.5. The van der Waals surface area contributed by atoms with E-state index in [1.165, 1.54) is 6.21 Å². The number of amides is 1. The summed E-state index contributed by atoms with van der Waals surface area (Å²) >= 11 is 11.9. The van der Waals surface area contributed by atoms with Crippen LogP contribution in [0.1, 0.15) is 18.4 Å². The van der Waals surface area contributed by atoms with E-state index >= 15 is 0 Å². The van der Waals surface area contributed by atoms with E-state index in [0.29, 0.717) is 27.1 Å². The largest absolute Gasteiger partial charge is 0.496 e. The molecule has 1 saturated heterocycles. The van der Waals surface area contributed by atoms with E-state index in [0.717, 1.165) is 37.4 Å². The molecular formula is C21H23Cl2N3O4. The fourth-order valence-electron chi connectivity index (χ4n) is 3.15. The fraction of sp³-hybridized carbons (Fsp3) is 0.333. The van der Waals surface area contributed by atoms with Crippen LogP contribution in [0.4, 0.5) is 5.69 Å². The van der Waals surface area contributed by atoms with Gasteiger partial charge in [-0.05, 0) is 37.1 Å². The smallest absolute Gasteiger partial charge is 0.277 e. The summed E-state index contributed by atoms with van der Waals surface area (Å²) in [5, 5.41) is 4.81. The average Bonchev–Trinajstić information content (AvgIpc) is 3.27. The molecule has 1 N–H and O–H groups in total. The van der Waals surface area contributed by atoms with Crippen LogP contribution in [0, 0.1) is 0 Å². The minimum atomic E-state index is -0.433. The van der Waals surface area contributed by atoms with Crippen LogP contribution >= 0.6 is 23.2 Å². The summed E-state index contributed by atoms with van der Waals surface area (Å²) in [7, 11) is 3.22. The van der Waals surface area contributed by atoms with E-state index in [-0.39, 0.29) is 6.61 Å². The molecule has 0 unspecified atom stereocenters. The molecule has 1 aliphatic heterocycles. The maximum atomic E-state index is 12.0. The Bertz CT molecular complexity index is 931. The fourth-order valence-corrected chi connectivity index (χ4v) is 3.62. The SMILES string of the molecule is COc1cc(N2CCCC2)c(OC)cc1/C=N/NC(=O)COc1ccc(Cl)cc1Cl. The van der Waals surface area contributed by atoms with Crippen LogP contribution in [0.3, 0.4) is 0 Å². The number of hydrogen-bond donors (Lipinski definition) is 1. The summed E-state index contributed by atoms with van der Waals surface area (Å²) in [6.07, 6.45) is 3.82. The maximum absolute atomic E-state index is 12.0. The molecule has 2 aromatic carbocycles. The predicted molar refractivity (Wildman–Crippen MR) is 119 cm³/mol. The molecule has 9 heteroatoms. The number of carbonyl (C=O) groups excluding carboxylic acids is 1. The molecule has 0 saturated carbocycles. The number of rotatable bonds is 8. The van der Waals surface area contributed by atoms with Gasteiger partial charge in [-0.1, -0.05) is 23.2 Å². The second-order valence-corrected chi connectivity index (χ2v) is 7.46. The predicted octanol–water partition coefficient (Wildman–Crippen LogP) is 4.14. The van der Waals surface area contributed by atoms with Crippen molar-refractivity contribution < 1.29 is 19.0 Å². The molecule has 2 aromatic rings. The van der Waals surface area contributed by atoms with Gasteiger partial charge in [0.05, 0.1) is 31.1 Å². The first-order valence-corrected chi connectivity index (χ1v) is 10.2. The van der Waals surface area contributed by atoms with Gasteiger partial charge in [-0.15, -0.1) is 0 Å². The first kappa shape index (κ1) is 22.1. The van der Waals surface area contributed by atoms with Gasteiger partial charge in [0.1, 0.15) is 17.2 Å². The molecule has 1 amide bonds. The minimum Gasteiger partial charge on any atom is -0.496 e. The Balaban J connectivity index is 1.63. The number of methoxy groups -OCH3 is 2. The number of benzene rings is 2. The Morgan fingerprint density at radius 1 is 1.10 bits per heavy atom. The van der Waals surface area contributed by atoms with E-state index in [9.17, 15) is 4.79 Å². The third-order valence-corrected chi connectivity index (χ3v) is 5.15. The van der Waals surface area contributed by atoms with Crippen molar-refractivity contribution in [1.82, 2.24) is 5.43 Å². The third-order valence-electron chi connectivity index (χ3n) is 4.62. The molecular weight excluding hydrogens is 429 g/mol. The minimum absolute atomic E-state index is 0.243. The van der Waals surface area contributed by atoms with Crippen molar-refractivity contribution >= 4 is 41.0 Å². The van der Waals surface area contributed by atoms with Crippen LogP contribution < -0.4 is 24.5 Å². The third kappa shape index (κ3) is 5.49. The Hall–Kier alpha value is -2.64. The summed E-state index contributed by atoms with van der Waals surface area (Å²) in [6.45, 7) is 1.73. The van der Waals surface area contributed by atoms with Crippen molar-refractivity contribution in [1.29, 1.82) is 0 Å². The highest BCUT2D eigenvalue weighted by Gasteiger charge is 2.19. The molecule has 1 aliphatic rings. The van der Waals surface area contributed by atoms with Crippen molar-refractivity contribution in [3.05, 3.63) is 45.9 Å². The zero-order valence-corrected chi connectivity index (χ0v) is 18.3. The maximum Gasteiger partial charge on any atom is 0.277 e. The van der Waals surface area contributed by atoms with Gasteiger partial charge in [0.15, 0.2) is 6.61 Å². The average molecular weight is 452 g/mol. The summed E-state index contributed by atoms with van der Waals surface area (Å²) in [5.41, 5.74) is 4.09. The number of carbonyl (C=O) groups is 1. The number of nitrogens with zero attached hydrogens (tertiary/aromatic N) is 2. The Morgan fingerprint density at radius 3 is 2.50 bits per heavy atom. The number of hydrogen-bond acceptors (Lipinski definition) is 6. The highest BCUT2D eigenvalue weighted by Crippen LogP contribution is 2.36. The van der Waals surface area contributed by atoms with Gasteiger partial charge in [-0.2, -0.15) is 5.10 Å². The van der Waals surface area contributed by atoms with Crippen LogP contribution in [-0.4, -0.2) is 46.0 Å². The standard InChI is InChI=1S/C21H23Cl2N3O4/c1-28-19-11-17(26-7-3-4-8-26)20(29-2)9-14(19)12-24-25-21(27)13-30-18-6-5-15(22)10-16(18)23/h5-6,9-12H,3-4,7-8,13H2,1-2H3,(H,25,27)/b24-12+. The van der Waals surface area contributed by atoms with E-state index in [2.05, 4.69) is 15.4 Å². The molecule has 0 aliphatic carbocycles. The Kier molecular flexibility index (Phi) is 7.65. The van der Waals surface area contributed by atoms with Crippen molar-refractivity contribution in [3.8, 4) is 17.2 Å². The monoisotopic (exact) mass is 451 g/mol. The molecule has 1 heterocycles. The summed E-state index contributed by atoms with van der Waals surface area (Å²) in [4.78, 5) is 14.3. The summed E-state index contributed by atoms with van der Waals surface area (Å²) in [6, 6.07) is 8.54. The van der Waals surface area contributed by atoms with E-state index in [4.69, 9.17) is 37.4 Å². The number of ether oxygens (including phenoxy) is 3. The number of halogens is 2. The van der Waals surface area contributed by atoms with Crippen LogP contribution in [0.5, 0.6) is 17.2 Å². The Labute approximate surface area is 185 Å². The molecule has 0 radical (unpaired) electrons. The van der Waals surface area contributed by atoms with Crippen molar-refractivity contribution in [2.24, 2.45) is 5.10 Å². The van der Waals surface area contributed by atoms with Gasteiger partial charge in [0.2, 0.25) is 0 Å². The molecule has 30 heavy (non-hydrogen) atoms. The van der Waals surface area contributed by atoms with Gasteiger partial charge >= 0.3 is 0 Å². The molecule has 1 fully saturated rings. The lowest BCUT2D eigenvalue weighted by molar-refractivity contribution is -0.123. The van der Waals surface area contributed by atoms with Crippen LogP contribution in [-0.2, 0) is 4.79 Å². The number of nitrogens with one attached hydrogen (secondary N) is 1. The lowest BCUT2D eigenvalue weighted by Crippen LogP contribution is -2.24. The van der Waals surface area contributed by atoms with Crippen molar-refractivity contribution in [2.75, 3.05) is 38.8 Å². The zero-order chi connectivity index (χ0) is 21.5. The topological polar surface area (TPSA) is 72.4 Å². The zero-order valence-electron chi connectivity index (χ0n) is 16.8. The van der Waals surface area contributed by atoms with Gasteiger partial charge in [-0.25, -0.2) is 5.43 Å². The first-order chi connectivity index (χ1) is 14.5. The van der Waals surface area contributed by atoms with Gasteiger partial charge < -0.3 is 19.1 Å². The van der Waals surface area contributed by atoms with Crippen molar-refractivity contribution in [3.63, 3.8) is 0 Å². The van der Waals surface area contributed by atoms with Crippen LogP contribution in [0.2, 0.25) is 10.0 Å². The van der Waals surface area contributed by atoms with Gasteiger partial charge in [0, 0.05) is 29.7 Å². The summed E-state index contributed by atoms with van der Waals surface area (Å²) < 4.78 is 16.4. The van der Waals surface area contributed by atoms with Crippen molar-refractivity contribution in [2.45, 2.75) is 12.8 Å². The quantitative estimate of drug-likeness (QED) is 0.482. The number of anilines is 1. The molecule has 0 atom stereocenters. The first-order valence-electron chi connectivity index (χ1n) is 9.42. The highest BCUT2D eigenvalue weighted by molar-refractivity contribution is 6.35. The Morgan fingerprint density at radius 2 is 1.83 bits per heavy atom. The van der Waals surface area contributed by atoms with Gasteiger partial charge in [-0.3, -0.25) is 4.79 Å². The second-order valence-electron chi connectivity index (χ2n) is 6.62. The molecule has 0 aromatic heterocycles. The van der Waals surface area contributed by atoms with Crippen LogP contribution in [0.25, 0.3) is 0 Å². The van der Waals surface area contributed by atoms with E-state index < -0.39 is 5.91 Å². The molecule has 0 bridgehead atoms. The molecule has 160 valence electrons. The normalized spacial score (nSPS) is 13.5.